The molecular formula is C48H52N8O4. The van der Waals surface area contributed by atoms with Gasteiger partial charge in [0.15, 0.2) is 0 Å². The predicted octanol–water partition coefficient (Wildman–Crippen LogP) is 8.42. The van der Waals surface area contributed by atoms with E-state index in [0.717, 1.165) is 69.3 Å². The van der Waals surface area contributed by atoms with Gasteiger partial charge in [-0.2, -0.15) is 5.06 Å². The third-order valence-electron chi connectivity index (χ3n) is 10.5. The molecule has 2 aromatic heterocycles. The number of hydrogen-bond acceptors (Lipinski definition) is 8. The van der Waals surface area contributed by atoms with Crippen molar-refractivity contribution in [2.24, 2.45) is 5.73 Å². The molecule has 308 valence electrons. The summed E-state index contributed by atoms with van der Waals surface area (Å²) in [4.78, 5) is 50.2. The number of rotatable bonds is 12. The molecule has 0 bridgehead atoms. The largest absolute Gasteiger partial charge is 0.444 e. The van der Waals surface area contributed by atoms with E-state index >= 15 is 0 Å². The number of nitrogens with two attached hydrogens (primary N) is 1. The number of H-pyrrole nitrogens is 2. The number of hydrogen-bond donors (Lipinski definition) is 4. The number of ether oxygens (including phenoxy) is 1. The lowest BCUT2D eigenvalue weighted by Crippen LogP contribution is -2.38. The molecule has 4 aromatic carbocycles. The van der Waals surface area contributed by atoms with Crippen LogP contribution in [0.1, 0.15) is 98.6 Å². The van der Waals surface area contributed by atoms with Crippen molar-refractivity contribution in [3.63, 3.8) is 0 Å². The highest BCUT2D eigenvalue weighted by Gasteiger charge is 2.35. The van der Waals surface area contributed by atoms with Crippen molar-refractivity contribution >= 4 is 12.0 Å². The average molecular weight is 805 g/mol. The Labute approximate surface area is 351 Å². The molecule has 1 saturated heterocycles. The zero-order valence-electron chi connectivity index (χ0n) is 34.7. The Kier molecular flexibility index (Phi) is 12.9. The van der Waals surface area contributed by atoms with Crippen LogP contribution >= 0.6 is 0 Å². The SMILES string of the molecule is C[C@@H](c1ncc(-c2ccc(C#Cc3ccc(-c4cnc([C@@H]5CCCN5C(=O)[C@H](N)c5ccccc5)[nH]4)cc3)cc2)[nH]1)N(C)OC[C@H](NC(=O)OC(C)(C)C)c1ccccc1. The van der Waals surface area contributed by atoms with Gasteiger partial charge in [0.25, 0.3) is 0 Å². The number of likely N-dealkylation sites (tertiary alicyclic amines) is 1. The van der Waals surface area contributed by atoms with Crippen LogP contribution in [-0.4, -0.2) is 67.7 Å². The first kappa shape index (κ1) is 41.6. The van der Waals surface area contributed by atoms with Crippen molar-refractivity contribution < 1.29 is 19.2 Å². The van der Waals surface area contributed by atoms with E-state index in [4.69, 9.17) is 15.3 Å². The zero-order chi connectivity index (χ0) is 42.2. The van der Waals surface area contributed by atoms with Gasteiger partial charge in [0.05, 0.1) is 48.5 Å². The van der Waals surface area contributed by atoms with Gasteiger partial charge >= 0.3 is 6.09 Å². The molecule has 0 radical (unpaired) electrons. The van der Waals surface area contributed by atoms with Crippen LogP contribution in [0.4, 0.5) is 4.79 Å². The molecule has 0 unspecified atom stereocenters. The number of amides is 2. The first-order valence-electron chi connectivity index (χ1n) is 20.3. The molecule has 3 heterocycles. The van der Waals surface area contributed by atoms with Crippen molar-refractivity contribution in [1.29, 1.82) is 0 Å². The summed E-state index contributed by atoms with van der Waals surface area (Å²) in [6, 6.07) is 33.8. The number of hydroxylamine groups is 2. The van der Waals surface area contributed by atoms with Crippen LogP contribution in [0, 0.1) is 11.8 Å². The molecular weight excluding hydrogens is 753 g/mol. The van der Waals surface area contributed by atoms with Gasteiger partial charge in [-0.15, -0.1) is 0 Å². The molecule has 0 aliphatic carbocycles. The molecule has 1 aliphatic rings. The zero-order valence-corrected chi connectivity index (χ0v) is 34.7. The Balaban J connectivity index is 0.931. The molecule has 1 fully saturated rings. The summed E-state index contributed by atoms with van der Waals surface area (Å²) in [6.45, 7) is 8.35. The van der Waals surface area contributed by atoms with E-state index in [1.807, 2.05) is 161 Å². The number of alkyl carbamates (subject to hydrolysis) is 1. The van der Waals surface area contributed by atoms with Crippen LogP contribution in [-0.2, 0) is 14.4 Å². The Hall–Kier alpha value is -6.52. The summed E-state index contributed by atoms with van der Waals surface area (Å²) in [5, 5.41) is 4.66. The lowest BCUT2D eigenvalue weighted by atomic mass is 10.1. The normalized spacial score (nSPS) is 15.5. The minimum Gasteiger partial charge on any atom is -0.444 e. The summed E-state index contributed by atoms with van der Waals surface area (Å²) in [5.74, 6) is 7.96. The molecule has 2 amide bonds. The highest BCUT2D eigenvalue weighted by molar-refractivity contribution is 5.83. The summed E-state index contributed by atoms with van der Waals surface area (Å²) in [7, 11) is 1.84. The van der Waals surface area contributed by atoms with Crippen LogP contribution < -0.4 is 11.1 Å². The highest BCUT2D eigenvalue weighted by atomic mass is 16.7. The fraction of sp³-hybridized carbons (Fsp3) is 0.292. The van der Waals surface area contributed by atoms with Crippen molar-refractivity contribution in [3.8, 4) is 34.4 Å². The molecule has 6 aromatic rings. The van der Waals surface area contributed by atoms with E-state index in [0.29, 0.717) is 6.54 Å². The predicted molar refractivity (Wildman–Crippen MR) is 232 cm³/mol. The van der Waals surface area contributed by atoms with Gasteiger partial charge in [-0.1, -0.05) is 96.8 Å². The van der Waals surface area contributed by atoms with Crippen molar-refractivity contribution in [2.75, 3.05) is 20.2 Å². The van der Waals surface area contributed by atoms with Gasteiger partial charge in [0.2, 0.25) is 5.91 Å². The van der Waals surface area contributed by atoms with E-state index in [2.05, 4.69) is 37.1 Å². The molecule has 0 saturated carbocycles. The third-order valence-corrected chi connectivity index (χ3v) is 10.5. The maximum atomic E-state index is 13.4. The van der Waals surface area contributed by atoms with Gasteiger partial charge in [-0.05, 0) is 87.1 Å². The second kappa shape index (κ2) is 18.6. The molecule has 12 heteroatoms. The first-order chi connectivity index (χ1) is 28.9. The second-order valence-corrected chi connectivity index (χ2v) is 16.0. The maximum absolute atomic E-state index is 13.4. The van der Waals surface area contributed by atoms with Gasteiger partial charge in [0.1, 0.15) is 23.3 Å². The fourth-order valence-electron chi connectivity index (χ4n) is 7.09. The summed E-state index contributed by atoms with van der Waals surface area (Å²) in [5.41, 5.74) is 13.0. The number of aromatic amines is 2. The van der Waals surface area contributed by atoms with Crippen LogP contribution in [0.3, 0.4) is 0 Å². The Morgan fingerprint density at radius 1 is 0.850 bits per heavy atom. The van der Waals surface area contributed by atoms with Crippen LogP contribution in [0.5, 0.6) is 0 Å². The molecule has 0 spiro atoms. The molecule has 12 nitrogen and oxygen atoms in total. The lowest BCUT2D eigenvalue weighted by molar-refractivity contribution is -0.173. The molecule has 7 rings (SSSR count). The number of carbonyl (C=O) groups is 2. The number of nitrogens with zero attached hydrogens (tertiary/aromatic N) is 4. The van der Waals surface area contributed by atoms with Gasteiger partial charge in [-0.3, -0.25) is 9.63 Å². The Morgan fingerprint density at radius 3 is 2.02 bits per heavy atom. The van der Waals surface area contributed by atoms with Gasteiger partial charge in [0, 0.05) is 24.7 Å². The van der Waals surface area contributed by atoms with E-state index < -0.39 is 23.8 Å². The molecule has 1 aliphatic heterocycles. The standard InChI is InChI=1S/C48H52N8O4/c1-32(55(5)59-31-41(35-13-8-6-9-14-35)54-47(58)60-48(2,3)4)44-50-29-39(52-44)36-24-20-33(21-25-36)18-19-34-22-26-37(27-23-34)40-30-51-45(53-40)42-17-12-28-56(42)46(57)43(49)38-15-10-7-11-16-38/h6-11,13-16,20-27,29-30,32,41-43H,12,17,28,31,49H2,1-5H3,(H,50,52)(H,51,53)(H,54,58)/t32-,41-,42-,43+/m0/s1. The summed E-state index contributed by atoms with van der Waals surface area (Å²) < 4.78 is 5.50. The van der Waals surface area contributed by atoms with E-state index in [1.54, 1.807) is 5.06 Å². The van der Waals surface area contributed by atoms with Crippen LogP contribution in [0.15, 0.2) is 122 Å². The minimum atomic E-state index is -0.703. The van der Waals surface area contributed by atoms with E-state index in [-0.39, 0.29) is 24.6 Å². The Bertz CT molecular complexity index is 2410. The fourth-order valence-corrected chi connectivity index (χ4v) is 7.09. The van der Waals surface area contributed by atoms with Crippen LogP contribution in [0.25, 0.3) is 22.5 Å². The van der Waals surface area contributed by atoms with E-state index in [1.165, 1.54) is 0 Å². The van der Waals surface area contributed by atoms with Gasteiger partial charge < -0.3 is 30.7 Å². The topological polar surface area (TPSA) is 154 Å². The molecule has 60 heavy (non-hydrogen) atoms. The van der Waals surface area contributed by atoms with Crippen molar-refractivity contribution in [2.45, 2.75) is 70.3 Å². The second-order valence-electron chi connectivity index (χ2n) is 16.0. The average Bonchev–Trinajstić information content (AvgIpc) is 4.06. The number of carbonyl (C=O) groups excluding carboxylic acids is 2. The lowest BCUT2D eigenvalue weighted by Gasteiger charge is -2.27. The number of benzene rings is 4. The molecule has 4 atom stereocenters. The highest BCUT2D eigenvalue weighted by Crippen LogP contribution is 2.33. The Morgan fingerprint density at radius 2 is 1.42 bits per heavy atom. The van der Waals surface area contributed by atoms with Crippen molar-refractivity contribution in [1.82, 2.24) is 35.2 Å². The maximum Gasteiger partial charge on any atom is 0.408 e. The summed E-state index contributed by atoms with van der Waals surface area (Å²) >= 11 is 0. The first-order valence-corrected chi connectivity index (χ1v) is 20.3. The quantitative estimate of drug-likeness (QED) is 0.0711. The number of aromatic nitrogens is 4. The smallest absolute Gasteiger partial charge is 0.408 e. The van der Waals surface area contributed by atoms with Crippen molar-refractivity contribution in [3.05, 3.63) is 155 Å². The van der Waals surface area contributed by atoms with E-state index in [9.17, 15) is 9.59 Å². The summed E-state index contributed by atoms with van der Waals surface area (Å²) in [6.07, 6.45) is 4.86. The minimum absolute atomic E-state index is 0.0864. The van der Waals surface area contributed by atoms with Gasteiger partial charge in [-0.25, -0.2) is 14.8 Å². The molecule has 5 N–H and O–H groups in total. The monoisotopic (exact) mass is 804 g/mol. The van der Waals surface area contributed by atoms with Crippen LogP contribution in [0.2, 0.25) is 0 Å². The third kappa shape index (κ3) is 10.4. The number of imidazole rings is 2. The number of nitrogens with one attached hydrogen (secondary N) is 3.